The molecule has 0 spiro atoms. The number of thiophene rings is 1. The summed E-state index contributed by atoms with van der Waals surface area (Å²) in [6.07, 6.45) is 1.80. The third-order valence-corrected chi connectivity index (χ3v) is 8.27. The van der Waals surface area contributed by atoms with Crippen molar-refractivity contribution in [2.45, 2.75) is 31.5 Å². The number of nitrogens with zero attached hydrogens (tertiary/aromatic N) is 4. The number of anilines is 1. The van der Waals surface area contributed by atoms with E-state index in [1.807, 2.05) is 16.0 Å². The first-order valence-corrected chi connectivity index (χ1v) is 13.8. The number of thioether (sulfide) groups is 1. The fraction of sp³-hybridized carbons (Fsp3) is 0.217. The van der Waals surface area contributed by atoms with Gasteiger partial charge in [-0.3, -0.25) is 9.36 Å². The summed E-state index contributed by atoms with van der Waals surface area (Å²) in [5.41, 5.74) is 2.47. The standard InChI is InChI=1S/C23H21Cl2N5OS3/c1-4-7-30-21(14-8-19(13(2)3)32-10-14)28-29-23(30)34-12-20(31)27-22-26-18(11-33-22)16-6-5-15(24)9-17(16)25/h4-6,8-11,13H,1,7,12H2,2-3H3,(H,26,27,31). The van der Waals surface area contributed by atoms with Gasteiger partial charge < -0.3 is 5.32 Å². The van der Waals surface area contributed by atoms with Gasteiger partial charge in [0.25, 0.3) is 0 Å². The van der Waals surface area contributed by atoms with E-state index >= 15 is 0 Å². The molecule has 0 aliphatic heterocycles. The predicted octanol–water partition coefficient (Wildman–Crippen LogP) is 7.48. The van der Waals surface area contributed by atoms with Crippen LogP contribution in [0, 0.1) is 0 Å². The van der Waals surface area contributed by atoms with Crippen LogP contribution in [0.15, 0.2) is 52.8 Å². The first-order chi connectivity index (χ1) is 16.4. The Hall–Kier alpha value is -2.17. The highest BCUT2D eigenvalue weighted by molar-refractivity contribution is 7.99. The lowest BCUT2D eigenvalue weighted by Crippen LogP contribution is -2.14. The molecule has 34 heavy (non-hydrogen) atoms. The molecule has 3 heterocycles. The number of carbonyl (C=O) groups is 1. The van der Waals surface area contributed by atoms with Gasteiger partial charge in [-0.05, 0) is 30.2 Å². The first kappa shape index (κ1) is 24.9. The predicted molar refractivity (Wildman–Crippen MR) is 145 cm³/mol. The van der Waals surface area contributed by atoms with Crippen molar-refractivity contribution >= 4 is 68.7 Å². The number of amides is 1. The van der Waals surface area contributed by atoms with Crippen molar-refractivity contribution in [3.05, 3.63) is 62.6 Å². The van der Waals surface area contributed by atoms with Gasteiger partial charge in [-0.25, -0.2) is 4.98 Å². The highest BCUT2D eigenvalue weighted by atomic mass is 35.5. The number of hydrogen-bond acceptors (Lipinski definition) is 7. The molecule has 1 aromatic carbocycles. The molecule has 1 N–H and O–H groups in total. The van der Waals surface area contributed by atoms with Crippen molar-refractivity contribution in [3.8, 4) is 22.6 Å². The molecule has 0 aliphatic carbocycles. The maximum atomic E-state index is 12.6. The molecule has 176 valence electrons. The molecule has 1 amide bonds. The summed E-state index contributed by atoms with van der Waals surface area (Å²) < 4.78 is 1.97. The lowest BCUT2D eigenvalue weighted by molar-refractivity contribution is -0.113. The van der Waals surface area contributed by atoms with E-state index in [4.69, 9.17) is 23.2 Å². The van der Waals surface area contributed by atoms with E-state index in [1.165, 1.54) is 28.0 Å². The minimum atomic E-state index is -0.180. The number of carbonyl (C=O) groups excluding carboxylic acids is 1. The van der Waals surface area contributed by atoms with Crippen molar-refractivity contribution in [2.75, 3.05) is 11.1 Å². The lowest BCUT2D eigenvalue weighted by atomic mass is 10.1. The van der Waals surface area contributed by atoms with Crippen LogP contribution in [0.3, 0.4) is 0 Å². The van der Waals surface area contributed by atoms with Gasteiger partial charge in [0.05, 0.1) is 16.5 Å². The molecular weight excluding hydrogens is 529 g/mol. The summed E-state index contributed by atoms with van der Waals surface area (Å²) in [6, 6.07) is 7.38. The molecule has 3 aromatic heterocycles. The number of rotatable bonds is 9. The number of nitrogens with one attached hydrogen (secondary N) is 1. The van der Waals surface area contributed by atoms with E-state index < -0.39 is 0 Å². The Labute approximate surface area is 220 Å². The number of aromatic nitrogens is 4. The minimum Gasteiger partial charge on any atom is -0.301 e. The maximum absolute atomic E-state index is 12.6. The summed E-state index contributed by atoms with van der Waals surface area (Å²) in [6.45, 7) is 8.73. The van der Waals surface area contributed by atoms with Crippen LogP contribution in [0.1, 0.15) is 24.6 Å². The second-order valence-electron chi connectivity index (χ2n) is 7.60. The largest absolute Gasteiger partial charge is 0.301 e. The lowest BCUT2D eigenvalue weighted by Gasteiger charge is -2.07. The molecule has 0 unspecified atom stereocenters. The molecular formula is C23H21Cl2N5OS3. The second kappa shape index (κ2) is 11.0. The second-order valence-corrected chi connectivity index (χ2v) is 11.2. The van der Waals surface area contributed by atoms with Gasteiger partial charge in [-0.1, -0.05) is 54.9 Å². The molecule has 0 aliphatic rings. The number of thiazole rings is 1. The van der Waals surface area contributed by atoms with Gasteiger partial charge in [0.2, 0.25) is 5.91 Å². The van der Waals surface area contributed by atoms with Crippen LogP contribution in [-0.2, 0) is 11.3 Å². The third-order valence-electron chi connectivity index (χ3n) is 4.77. The van der Waals surface area contributed by atoms with Gasteiger partial charge >= 0.3 is 0 Å². The van der Waals surface area contributed by atoms with Crippen molar-refractivity contribution < 1.29 is 4.79 Å². The Bertz CT molecular complexity index is 1330. The smallest absolute Gasteiger partial charge is 0.236 e. The van der Waals surface area contributed by atoms with E-state index in [9.17, 15) is 4.79 Å². The zero-order valence-electron chi connectivity index (χ0n) is 18.4. The van der Waals surface area contributed by atoms with Crippen LogP contribution < -0.4 is 5.32 Å². The number of allylic oxidation sites excluding steroid dienone is 1. The summed E-state index contributed by atoms with van der Waals surface area (Å²) >= 11 is 16.6. The van der Waals surface area contributed by atoms with Crippen LogP contribution >= 0.6 is 57.6 Å². The van der Waals surface area contributed by atoms with E-state index in [1.54, 1.807) is 29.5 Å². The van der Waals surface area contributed by atoms with Crippen LogP contribution in [0.2, 0.25) is 10.0 Å². The van der Waals surface area contributed by atoms with Crippen LogP contribution in [-0.4, -0.2) is 31.4 Å². The summed E-state index contributed by atoms with van der Waals surface area (Å²) in [4.78, 5) is 18.4. The summed E-state index contributed by atoms with van der Waals surface area (Å²) in [5, 5.41) is 17.7. The van der Waals surface area contributed by atoms with E-state index in [0.29, 0.717) is 38.5 Å². The van der Waals surface area contributed by atoms with Crippen LogP contribution in [0.4, 0.5) is 5.13 Å². The molecule has 0 radical (unpaired) electrons. The minimum absolute atomic E-state index is 0.173. The molecule has 11 heteroatoms. The average molecular weight is 551 g/mol. The average Bonchev–Trinajstić information content (AvgIpc) is 3.52. The van der Waals surface area contributed by atoms with Gasteiger partial charge in [-0.2, -0.15) is 0 Å². The van der Waals surface area contributed by atoms with Gasteiger partial charge in [-0.15, -0.1) is 39.4 Å². The number of hydrogen-bond donors (Lipinski definition) is 1. The fourth-order valence-corrected chi connectivity index (χ4v) is 6.00. The Morgan fingerprint density at radius 3 is 2.76 bits per heavy atom. The van der Waals surface area contributed by atoms with E-state index in [0.717, 1.165) is 17.0 Å². The van der Waals surface area contributed by atoms with Crippen molar-refractivity contribution in [1.29, 1.82) is 0 Å². The Morgan fingerprint density at radius 1 is 1.24 bits per heavy atom. The SMILES string of the molecule is C=CCn1c(SCC(=O)Nc2nc(-c3ccc(Cl)cc3Cl)cs2)nnc1-c1csc(C(C)C)c1. The third kappa shape index (κ3) is 5.72. The molecule has 0 saturated carbocycles. The molecule has 0 fully saturated rings. The van der Waals surface area contributed by atoms with Crippen molar-refractivity contribution in [1.82, 2.24) is 19.7 Å². The molecule has 0 bridgehead atoms. The zero-order chi connectivity index (χ0) is 24.2. The van der Waals surface area contributed by atoms with Crippen LogP contribution in [0.5, 0.6) is 0 Å². The fourth-order valence-electron chi connectivity index (χ4n) is 3.11. The Kier molecular flexibility index (Phi) is 8.10. The molecule has 0 saturated heterocycles. The molecule has 4 aromatic rings. The highest BCUT2D eigenvalue weighted by Gasteiger charge is 2.17. The van der Waals surface area contributed by atoms with E-state index in [2.05, 4.69) is 52.4 Å². The first-order valence-electron chi connectivity index (χ1n) is 10.3. The monoisotopic (exact) mass is 549 g/mol. The number of halogens is 2. The van der Waals surface area contributed by atoms with Gasteiger partial charge in [0.15, 0.2) is 16.1 Å². The zero-order valence-corrected chi connectivity index (χ0v) is 22.4. The highest BCUT2D eigenvalue weighted by Crippen LogP contribution is 2.33. The van der Waals surface area contributed by atoms with Crippen LogP contribution in [0.25, 0.3) is 22.6 Å². The molecule has 4 rings (SSSR count). The Morgan fingerprint density at radius 2 is 2.06 bits per heavy atom. The van der Waals surface area contributed by atoms with E-state index in [-0.39, 0.29) is 11.7 Å². The van der Waals surface area contributed by atoms with Crippen molar-refractivity contribution in [3.63, 3.8) is 0 Å². The number of benzene rings is 1. The van der Waals surface area contributed by atoms with Gasteiger partial charge in [0, 0.05) is 38.3 Å². The molecule has 0 atom stereocenters. The normalized spacial score (nSPS) is 11.2. The maximum Gasteiger partial charge on any atom is 0.236 e. The summed E-state index contributed by atoms with van der Waals surface area (Å²) in [7, 11) is 0. The van der Waals surface area contributed by atoms with Gasteiger partial charge in [0.1, 0.15) is 0 Å². The molecule has 6 nitrogen and oxygen atoms in total. The Balaban J connectivity index is 1.42. The topological polar surface area (TPSA) is 72.7 Å². The summed E-state index contributed by atoms with van der Waals surface area (Å²) in [5.74, 6) is 1.22. The van der Waals surface area contributed by atoms with Crippen molar-refractivity contribution in [2.24, 2.45) is 0 Å². The quantitative estimate of drug-likeness (QED) is 0.173.